The smallest absolute Gasteiger partial charge is 0.319 e. The van der Waals surface area contributed by atoms with Crippen molar-refractivity contribution < 1.29 is 37.0 Å². The van der Waals surface area contributed by atoms with Crippen molar-refractivity contribution in [2.75, 3.05) is 51.6 Å². The molecule has 8 rings (SSSR count). The van der Waals surface area contributed by atoms with E-state index in [2.05, 4.69) is 20.0 Å². The van der Waals surface area contributed by atoms with Crippen LogP contribution in [0.4, 0.5) is 23.4 Å². The molecule has 2 bridgehead atoms. The predicted octanol–water partition coefficient (Wildman–Crippen LogP) is 5.88. The molecule has 48 heavy (non-hydrogen) atoms. The van der Waals surface area contributed by atoms with Gasteiger partial charge < -0.3 is 24.3 Å². The molecule has 10 nitrogen and oxygen atoms in total. The maximum absolute atomic E-state index is 16.9. The van der Waals surface area contributed by atoms with E-state index in [0.717, 1.165) is 44.0 Å². The lowest BCUT2D eigenvalue weighted by Crippen LogP contribution is -2.44. The summed E-state index contributed by atoms with van der Waals surface area (Å²) in [4.78, 5) is 17.8. The average molecular weight is 667 g/mol. The molecule has 4 atom stereocenters. The molecule has 2 unspecified atom stereocenters. The van der Waals surface area contributed by atoms with Crippen molar-refractivity contribution >= 4 is 33.2 Å². The van der Waals surface area contributed by atoms with Crippen molar-refractivity contribution in [2.24, 2.45) is 17.0 Å². The second-order valence-corrected chi connectivity index (χ2v) is 13.3. The van der Waals surface area contributed by atoms with Crippen LogP contribution in [0, 0.1) is 29.3 Å². The Kier molecular flexibility index (Phi) is 7.74. The molecule has 0 amide bonds. The zero-order chi connectivity index (χ0) is 33.2. The summed E-state index contributed by atoms with van der Waals surface area (Å²) in [5.74, 6) is -2.47. The Morgan fingerprint density at radius 3 is 2.62 bits per heavy atom. The Bertz CT molecular complexity index is 1930. The van der Waals surface area contributed by atoms with Gasteiger partial charge in [-0.25, -0.2) is 17.6 Å². The summed E-state index contributed by atoms with van der Waals surface area (Å²) in [5, 5.41) is 13.6. The van der Waals surface area contributed by atoms with Gasteiger partial charge in [0, 0.05) is 62.1 Å². The molecule has 14 heteroatoms. The first kappa shape index (κ1) is 31.0. The van der Waals surface area contributed by atoms with E-state index in [9.17, 15) is 14.0 Å². The maximum Gasteiger partial charge on any atom is 0.319 e. The second-order valence-electron chi connectivity index (χ2n) is 13.3. The lowest BCUT2D eigenvalue weighted by Gasteiger charge is -2.34. The van der Waals surface area contributed by atoms with Crippen molar-refractivity contribution in [1.82, 2.24) is 19.9 Å². The van der Waals surface area contributed by atoms with Gasteiger partial charge >= 0.3 is 6.01 Å². The van der Waals surface area contributed by atoms with Crippen LogP contribution < -0.4 is 14.4 Å². The molecule has 5 heterocycles. The number of fused-ring (bicyclic) bond motifs is 5. The highest BCUT2D eigenvalue weighted by atomic mass is 19.2. The van der Waals surface area contributed by atoms with Crippen LogP contribution in [0.3, 0.4) is 0 Å². The number of halogens is 4. The standard InChI is InChI=1S/C34H34F4N6O4/c1-46-17-48-22-9-18-5-6-25(36)27(37)26(18)23(10-22)30-28(38)31-24(12-39-30)32(43-13-19-3-4-20(14-43)29(19)42-45)41-33(40-31)47-16-34-7-2-8-44(34)15-21(35)11-34/h5-6,9-10,12,19-21,45H,2-4,7-8,11,13-17H2,1H3/t19?,20?,21-,34+/m1/s1. The van der Waals surface area contributed by atoms with Gasteiger partial charge in [0.15, 0.2) is 24.2 Å². The molecule has 2 aromatic heterocycles. The van der Waals surface area contributed by atoms with Gasteiger partial charge in [0.2, 0.25) is 0 Å². The summed E-state index contributed by atoms with van der Waals surface area (Å²) >= 11 is 0. The fourth-order valence-electron chi connectivity index (χ4n) is 8.27. The van der Waals surface area contributed by atoms with Crippen LogP contribution in [0.25, 0.3) is 32.9 Å². The quantitative estimate of drug-likeness (QED) is 0.107. The Balaban J connectivity index is 1.26. The minimum absolute atomic E-state index is 0.00482. The third-order valence-corrected chi connectivity index (χ3v) is 10.5. The van der Waals surface area contributed by atoms with E-state index in [1.807, 2.05) is 4.90 Å². The molecule has 3 aliphatic heterocycles. The highest BCUT2D eigenvalue weighted by molar-refractivity contribution is 6.01. The van der Waals surface area contributed by atoms with Gasteiger partial charge in [0.25, 0.3) is 0 Å². The van der Waals surface area contributed by atoms with Crippen LogP contribution in [-0.2, 0) is 4.74 Å². The normalized spacial score (nSPS) is 25.3. The number of rotatable bonds is 8. The first-order chi connectivity index (χ1) is 23.3. The summed E-state index contributed by atoms with van der Waals surface area (Å²) in [7, 11) is 1.44. The summed E-state index contributed by atoms with van der Waals surface area (Å²) in [6, 6.07) is 5.20. The third kappa shape index (κ3) is 5.07. The summed E-state index contributed by atoms with van der Waals surface area (Å²) in [5.41, 5.74) is -0.136. The number of aromatic nitrogens is 3. The average Bonchev–Trinajstić information content (AvgIpc) is 3.70. The predicted molar refractivity (Wildman–Crippen MR) is 169 cm³/mol. The zero-order valence-corrected chi connectivity index (χ0v) is 26.3. The van der Waals surface area contributed by atoms with Crippen LogP contribution in [-0.4, -0.2) is 89.2 Å². The largest absolute Gasteiger partial charge is 0.468 e. The second kappa shape index (κ2) is 12.0. The minimum Gasteiger partial charge on any atom is -0.468 e. The van der Waals surface area contributed by atoms with E-state index in [-0.39, 0.29) is 64.5 Å². The van der Waals surface area contributed by atoms with Crippen LogP contribution in [0.15, 0.2) is 35.6 Å². The molecule has 1 N–H and O–H groups in total. The van der Waals surface area contributed by atoms with Crippen molar-refractivity contribution in [3.8, 4) is 23.0 Å². The van der Waals surface area contributed by atoms with Gasteiger partial charge in [0.1, 0.15) is 35.6 Å². The van der Waals surface area contributed by atoms with E-state index in [4.69, 9.17) is 19.2 Å². The summed E-state index contributed by atoms with van der Waals surface area (Å²) in [6.07, 6.45) is 4.21. The molecular weight excluding hydrogens is 632 g/mol. The minimum atomic E-state index is -1.15. The molecule has 0 radical (unpaired) electrons. The SMILES string of the molecule is COCOc1cc(-c2ncc3c(N4CC5CCC(C4)C5=NO)nc(OC[C@@]45CCCN4C[C@H](F)C5)nc3c2F)c2c(F)c(F)ccc2c1. The molecule has 2 aromatic carbocycles. The lowest BCUT2D eigenvalue weighted by atomic mass is 9.95. The molecule has 1 aliphatic carbocycles. The van der Waals surface area contributed by atoms with Gasteiger partial charge in [-0.3, -0.25) is 9.88 Å². The van der Waals surface area contributed by atoms with E-state index in [0.29, 0.717) is 37.3 Å². The molecule has 4 aromatic rings. The summed E-state index contributed by atoms with van der Waals surface area (Å²) in [6.45, 7) is 2.11. The topological polar surface area (TPSA) is 105 Å². The van der Waals surface area contributed by atoms with Crippen molar-refractivity contribution in [3.05, 3.63) is 47.9 Å². The number of piperidine rings is 1. The monoisotopic (exact) mass is 666 g/mol. The molecule has 4 fully saturated rings. The Labute approximate surface area is 273 Å². The van der Waals surface area contributed by atoms with Crippen LogP contribution >= 0.6 is 0 Å². The number of oxime groups is 1. The number of methoxy groups -OCH3 is 1. The highest BCUT2D eigenvalue weighted by Gasteiger charge is 2.49. The Morgan fingerprint density at radius 2 is 1.85 bits per heavy atom. The van der Waals surface area contributed by atoms with Crippen LogP contribution in [0.5, 0.6) is 11.8 Å². The molecule has 4 aliphatic rings. The molecule has 252 valence electrons. The first-order valence-electron chi connectivity index (χ1n) is 16.2. The van der Waals surface area contributed by atoms with Gasteiger partial charge in [-0.15, -0.1) is 0 Å². The van der Waals surface area contributed by atoms with Gasteiger partial charge in [0.05, 0.1) is 16.6 Å². The van der Waals surface area contributed by atoms with E-state index >= 15 is 8.78 Å². The molecule has 1 saturated carbocycles. The number of alkyl halides is 1. The molecule has 0 spiro atoms. The third-order valence-electron chi connectivity index (χ3n) is 10.5. The summed E-state index contributed by atoms with van der Waals surface area (Å²) < 4.78 is 78.1. The molecule has 3 saturated heterocycles. The van der Waals surface area contributed by atoms with E-state index in [1.165, 1.54) is 31.5 Å². The number of ether oxygens (including phenoxy) is 3. The van der Waals surface area contributed by atoms with E-state index < -0.39 is 29.2 Å². The van der Waals surface area contributed by atoms with Crippen molar-refractivity contribution in [2.45, 2.75) is 43.8 Å². The van der Waals surface area contributed by atoms with Gasteiger partial charge in [-0.1, -0.05) is 11.2 Å². The Hall–Kier alpha value is -4.30. The number of pyridine rings is 1. The highest BCUT2D eigenvalue weighted by Crippen LogP contribution is 2.43. The molecular formula is C34H34F4N6O4. The van der Waals surface area contributed by atoms with E-state index in [1.54, 1.807) is 0 Å². The number of hydrogen-bond donors (Lipinski definition) is 1. The fraction of sp³-hybridized carbons (Fsp3) is 0.471. The Morgan fingerprint density at radius 1 is 1.04 bits per heavy atom. The lowest BCUT2D eigenvalue weighted by molar-refractivity contribution is 0.0512. The van der Waals surface area contributed by atoms with Crippen molar-refractivity contribution in [3.63, 3.8) is 0 Å². The van der Waals surface area contributed by atoms with Crippen LogP contribution in [0.2, 0.25) is 0 Å². The van der Waals surface area contributed by atoms with Gasteiger partial charge in [-0.05, 0) is 55.8 Å². The number of benzene rings is 2. The fourth-order valence-corrected chi connectivity index (χ4v) is 8.27. The first-order valence-corrected chi connectivity index (χ1v) is 16.2. The van der Waals surface area contributed by atoms with Crippen LogP contribution in [0.1, 0.15) is 32.1 Å². The maximum atomic E-state index is 16.9. The number of anilines is 1. The van der Waals surface area contributed by atoms with Crippen molar-refractivity contribution in [1.29, 1.82) is 0 Å². The zero-order valence-electron chi connectivity index (χ0n) is 26.3. The number of nitrogens with zero attached hydrogens (tertiary/aromatic N) is 6. The number of hydrogen-bond acceptors (Lipinski definition) is 10. The van der Waals surface area contributed by atoms with Gasteiger partial charge in [-0.2, -0.15) is 9.97 Å².